The number of rotatable bonds is 4. The molecule has 1 unspecified atom stereocenters. The van der Waals surface area contributed by atoms with Gasteiger partial charge < -0.3 is 10.2 Å². The first-order valence-electron chi connectivity index (χ1n) is 7.67. The van der Waals surface area contributed by atoms with Crippen molar-refractivity contribution in [1.29, 1.82) is 0 Å². The minimum absolute atomic E-state index is 0.131. The molecule has 1 atom stereocenters. The summed E-state index contributed by atoms with van der Waals surface area (Å²) in [7, 11) is 0. The SMILES string of the molecule is CCNc1cc(C(=O)N2CCSCC2C)cc(C(C)C)n1. The molecule has 0 bridgehead atoms. The second-order valence-electron chi connectivity index (χ2n) is 5.77. The molecule has 1 saturated heterocycles. The standard InChI is InChI=1S/C16H25N3OS/c1-5-17-15-9-13(8-14(18-15)11(2)3)16(20)19-6-7-21-10-12(19)4/h8-9,11-12H,5-7,10H2,1-4H3,(H,17,18). The van der Waals surface area contributed by atoms with Gasteiger partial charge in [-0.15, -0.1) is 0 Å². The second kappa shape index (κ2) is 7.16. The third kappa shape index (κ3) is 3.90. The van der Waals surface area contributed by atoms with Crippen LogP contribution in [0.1, 0.15) is 49.7 Å². The summed E-state index contributed by atoms with van der Waals surface area (Å²) in [6.07, 6.45) is 0. The molecule has 21 heavy (non-hydrogen) atoms. The molecule has 0 aliphatic carbocycles. The van der Waals surface area contributed by atoms with E-state index in [2.05, 4.69) is 31.1 Å². The number of pyridine rings is 1. The fourth-order valence-electron chi connectivity index (χ4n) is 2.44. The van der Waals surface area contributed by atoms with Gasteiger partial charge >= 0.3 is 0 Å². The molecule has 4 nitrogen and oxygen atoms in total. The molecule has 2 heterocycles. The Bertz CT molecular complexity index is 504. The molecule has 0 spiro atoms. The van der Waals surface area contributed by atoms with Crippen LogP contribution in [0.5, 0.6) is 0 Å². The molecular formula is C16H25N3OS. The average Bonchev–Trinajstić information content (AvgIpc) is 2.47. The third-order valence-electron chi connectivity index (χ3n) is 3.67. The van der Waals surface area contributed by atoms with Crippen molar-refractivity contribution < 1.29 is 4.79 Å². The Morgan fingerprint density at radius 3 is 2.90 bits per heavy atom. The number of carbonyl (C=O) groups is 1. The Kier molecular flexibility index (Phi) is 5.51. The molecule has 0 radical (unpaired) electrons. The molecule has 5 heteroatoms. The molecule has 0 saturated carbocycles. The van der Waals surface area contributed by atoms with Crippen molar-refractivity contribution >= 4 is 23.5 Å². The van der Waals surface area contributed by atoms with Gasteiger partial charge in [0.05, 0.1) is 0 Å². The van der Waals surface area contributed by atoms with Crippen LogP contribution >= 0.6 is 11.8 Å². The van der Waals surface area contributed by atoms with Crippen molar-refractivity contribution in [2.24, 2.45) is 0 Å². The number of carbonyl (C=O) groups excluding carboxylic acids is 1. The Labute approximate surface area is 131 Å². The van der Waals surface area contributed by atoms with Gasteiger partial charge in [0.1, 0.15) is 5.82 Å². The van der Waals surface area contributed by atoms with E-state index in [0.717, 1.165) is 41.7 Å². The monoisotopic (exact) mass is 307 g/mol. The maximum atomic E-state index is 12.8. The molecular weight excluding hydrogens is 282 g/mol. The van der Waals surface area contributed by atoms with E-state index in [1.54, 1.807) is 0 Å². The average molecular weight is 307 g/mol. The van der Waals surface area contributed by atoms with Crippen LogP contribution in [0.4, 0.5) is 5.82 Å². The fourth-order valence-corrected chi connectivity index (χ4v) is 3.45. The number of anilines is 1. The van der Waals surface area contributed by atoms with Crippen molar-refractivity contribution in [3.05, 3.63) is 23.4 Å². The Morgan fingerprint density at radius 1 is 1.52 bits per heavy atom. The lowest BCUT2D eigenvalue weighted by Gasteiger charge is -2.33. The highest BCUT2D eigenvalue weighted by molar-refractivity contribution is 7.99. The Balaban J connectivity index is 2.30. The summed E-state index contributed by atoms with van der Waals surface area (Å²) in [4.78, 5) is 19.4. The van der Waals surface area contributed by atoms with Crippen LogP contribution in [-0.4, -0.2) is 46.4 Å². The van der Waals surface area contributed by atoms with Gasteiger partial charge in [0.2, 0.25) is 0 Å². The van der Waals surface area contributed by atoms with Gasteiger partial charge in [-0.05, 0) is 31.9 Å². The van der Waals surface area contributed by atoms with Gasteiger partial charge in [0.15, 0.2) is 0 Å². The van der Waals surface area contributed by atoms with Gasteiger partial charge in [0, 0.05) is 41.9 Å². The summed E-state index contributed by atoms with van der Waals surface area (Å²) in [5, 5.41) is 3.23. The van der Waals surface area contributed by atoms with E-state index in [1.807, 2.05) is 35.7 Å². The maximum Gasteiger partial charge on any atom is 0.254 e. The number of amides is 1. The predicted octanol–water partition coefficient (Wildman–Crippen LogP) is 3.21. The smallest absolute Gasteiger partial charge is 0.254 e. The van der Waals surface area contributed by atoms with E-state index in [-0.39, 0.29) is 5.91 Å². The first kappa shape index (κ1) is 16.1. The third-order valence-corrected chi connectivity index (χ3v) is 4.86. The number of aromatic nitrogens is 1. The second-order valence-corrected chi connectivity index (χ2v) is 6.92. The lowest BCUT2D eigenvalue weighted by molar-refractivity contribution is 0.0716. The zero-order valence-corrected chi connectivity index (χ0v) is 14.2. The predicted molar refractivity (Wildman–Crippen MR) is 90.3 cm³/mol. The van der Waals surface area contributed by atoms with Crippen molar-refractivity contribution in [2.45, 2.75) is 39.7 Å². The Hall–Kier alpha value is -1.23. The maximum absolute atomic E-state index is 12.8. The summed E-state index contributed by atoms with van der Waals surface area (Å²) >= 11 is 1.92. The highest BCUT2D eigenvalue weighted by atomic mass is 32.2. The van der Waals surface area contributed by atoms with Crippen molar-refractivity contribution in [1.82, 2.24) is 9.88 Å². The molecule has 1 N–H and O–H groups in total. The summed E-state index contributed by atoms with van der Waals surface area (Å²) in [5.74, 6) is 3.29. The van der Waals surface area contributed by atoms with Crippen LogP contribution < -0.4 is 5.32 Å². The first-order chi connectivity index (χ1) is 10.0. The molecule has 1 aromatic heterocycles. The molecule has 0 aromatic carbocycles. The molecule has 116 valence electrons. The van der Waals surface area contributed by atoms with E-state index in [4.69, 9.17) is 0 Å². The van der Waals surface area contributed by atoms with Gasteiger partial charge in [-0.2, -0.15) is 11.8 Å². The van der Waals surface area contributed by atoms with Gasteiger partial charge in [0.25, 0.3) is 5.91 Å². The zero-order chi connectivity index (χ0) is 15.4. The van der Waals surface area contributed by atoms with E-state index >= 15 is 0 Å². The molecule has 1 fully saturated rings. The van der Waals surface area contributed by atoms with Crippen LogP contribution in [0.2, 0.25) is 0 Å². The normalized spacial score (nSPS) is 18.9. The van der Waals surface area contributed by atoms with E-state index < -0.39 is 0 Å². The zero-order valence-electron chi connectivity index (χ0n) is 13.3. The number of nitrogens with zero attached hydrogens (tertiary/aromatic N) is 2. The molecule has 1 aromatic rings. The minimum Gasteiger partial charge on any atom is -0.370 e. The molecule has 1 amide bonds. The van der Waals surface area contributed by atoms with Crippen LogP contribution in [-0.2, 0) is 0 Å². The van der Waals surface area contributed by atoms with Gasteiger partial charge in [-0.25, -0.2) is 4.98 Å². The fraction of sp³-hybridized carbons (Fsp3) is 0.625. The van der Waals surface area contributed by atoms with Crippen LogP contribution in [0, 0.1) is 0 Å². The lowest BCUT2D eigenvalue weighted by Crippen LogP contribution is -2.44. The van der Waals surface area contributed by atoms with Crippen LogP contribution in [0.3, 0.4) is 0 Å². The molecule has 2 rings (SSSR count). The van der Waals surface area contributed by atoms with Gasteiger partial charge in [-0.1, -0.05) is 13.8 Å². The van der Waals surface area contributed by atoms with Crippen molar-refractivity contribution in [2.75, 3.05) is 29.9 Å². The van der Waals surface area contributed by atoms with E-state index in [1.165, 1.54) is 0 Å². The Morgan fingerprint density at radius 2 is 2.29 bits per heavy atom. The topological polar surface area (TPSA) is 45.2 Å². The van der Waals surface area contributed by atoms with Crippen molar-refractivity contribution in [3.63, 3.8) is 0 Å². The largest absolute Gasteiger partial charge is 0.370 e. The van der Waals surface area contributed by atoms with E-state index in [9.17, 15) is 4.79 Å². The van der Waals surface area contributed by atoms with Gasteiger partial charge in [-0.3, -0.25) is 4.79 Å². The summed E-state index contributed by atoms with van der Waals surface area (Å²) < 4.78 is 0. The van der Waals surface area contributed by atoms with E-state index in [0.29, 0.717) is 12.0 Å². The number of hydrogen-bond acceptors (Lipinski definition) is 4. The van der Waals surface area contributed by atoms with Crippen molar-refractivity contribution in [3.8, 4) is 0 Å². The summed E-state index contributed by atoms with van der Waals surface area (Å²) in [6.45, 7) is 10.0. The minimum atomic E-state index is 0.131. The quantitative estimate of drug-likeness (QED) is 0.928. The summed E-state index contributed by atoms with van der Waals surface area (Å²) in [6, 6.07) is 4.13. The van der Waals surface area contributed by atoms with Crippen LogP contribution in [0.25, 0.3) is 0 Å². The number of nitrogens with one attached hydrogen (secondary N) is 1. The highest BCUT2D eigenvalue weighted by Gasteiger charge is 2.25. The van der Waals surface area contributed by atoms with Crippen LogP contribution in [0.15, 0.2) is 12.1 Å². The first-order valence-corrected chi connectivity index (χ1v) is 8.83. The molecule has 1 aliphatic heterocycles. The highest BCUT2D eigenvalue weighted by Crippen LogP contribution is 2.22. The lowest BCUT2D eigenvalue weighted by atomic mass is 10.1. The molecule has 1 aliphatic rings. The number of thioether (sulfide) groups is 1. The summed E-state index contributed by atoms with van der Waals surface area (Å²) in [5.41, 5.74) is 1.72. The number of hydrogen-bond donors (Lipinski definition) is 1.